The van der Waals surface area contributed by atoms with Gasteiger partial charge in [-0.3, -0.25) is 4.90 Å². The molecule has 6 rings (SSSR count). The average molecular weight is 445 g/mol. The van der Waals surface area contributed by atoms with Crippen molar-refractivity contribution in [1.82, 2.24) is 25.2 Å². The van der Waals surface area contributed by atoms with Crippen LogP contribution in [0.3, 0.4) is 0 Å². The van der Waals surface area contributed by atoms with Gasteiger partial charge in [-0.05, 0) is 61.5 Å². The summed E-state index contributed by atoms with van der Waals surface area (Å²) in [5.41, 5.74) is 2.02. The molecule has 33 heavy (non-hydrogen) atoms. The van der Waals surface area contributed by atoms with Crippen molar-refractivity contribution in [2.45, 2.75) is 38.1 Å². The van der Waals surface area contributed by atoms with Crippen LogP contribution in [0.4, 0.5) is 4.39 Å². The second-order valence-corrected chi connectivity index (χ2v) is 9.12. The third kappa shape index (κ3) is 4.18. The Morgan fingerprint density at radius 3 is 2.70 bits per heavy atom. The van der Waals surface area contributed by atoms with Crippen LogP contribution in [0.25, 0.3) is 11.5 Å². The second kappa shape index (κ2) is 8.19. The molecule has 3 heterocycles. The van der Waals surface area contributed by atoms with E-state index in [-0.39, 0.29) is 17.2 Å². The van der Waals surface area contributed by atoms with Crippen LogP contribution in [0.1, 0.15) is 48.3 Å². The van der Waals surface area contributed by atoms with Crippen molar-refractivity contribution in [3.63, 3.8) is 0 Å². The molecule has 1 aliphatic carbocycles. The first-order valence-corrected chi connectivity index (χ1v) is 11.3. The summed E-state index contributed by atoms with van der Waals surface area (Å²) in [6, 6.07) is 16.4. The Bertz CT molecular complexity index is 1250. The van der Waals surface area contributed by atoms with Crippen LogP contribution >= 0.6 is 0 Å². The van der Waals surface area contributed by atoms with Gasteiger partial charge in [-0.15, -0.1) is 10.2 Å². The van der Waals surface area contributed by atoms with Gasteiger partial charge in [-0.1, -0.05) is 41.6 Å². The number of hydrogen-bond donors (Lipinski definition) is 0. The lowest BCUT2D eigenvalue weighted by Crippen LogP contribution is -2.34. The van der Waals surface area contributed by atoms with E-state index in [4.69, 9.17) is 8.94 Å². The molecule has 1 aliphatic heterocycles. The summed E-state index contributed by atoms with van der Waals surface area (Å²) in [5.74, 6) is 2.42. The molecule has 8 heteroatoms. The highest BCUT2D eigenvalue weighted by atomic mass is 19.1. The van der Waals surface area contributed by atoms with Crippen molar-refractivity contribution < 1.29 is 13.3 Å². The van der Waals surface area contributed by atoms with E-state index in [0.29, 0.717) is 36.2 Å². The van der Waals surface area contributed by atoms with E-state index in [1.807, 2.05) is 18.2 Å². The van der Waals surface area contributed by atoms with Crippen LogP contribution in [-0.4, -0.2) is 38.3 Å². The number of likely N-dealkylation sites (tertiary alicyclic amines) is 1. The highest BCUT2D eigenvalue weighted by Gasteiger charge is 2.58. The standard InChI is InChI=1S/C25H24FN5O2/c26-19-8-4-7-18(14-19)23-28-29-24(32-23)20-15-25(20)9-11-31(12-10-25)16-22-27-21(30-33-22)13-17-5-2-1-3-6-17/h1-8,14,20H,9-13,15-16H2/t20-/m1/s1. The number of aromatic nitrogens is 4. The van der Waals surface area contributed by atoms with Gasteiger partial charge in [0.1, 0.15) is 5.82 Å². The van der Waals surface area contributed by atoms with Crippen LogP contribution in [0, 0.1) is 11.2 Å². The maximum atomic E-state index is 13.5. The summed E-state index contributed by atoms with van der Waals surface area (Å²) in [4.78, 5) is 6.94. The van der Waals surface area contributed by atoms with E-state index in [1.165, 1.54) is 17.7 Å². The molecular formula is C25H24FN5O2. The maximum Gasteiger partial charge on any atom is 0.247 e. The first-order valence-electron chi connectivity index (χ1n) is 11.3. The molecule has 4 aromatic rings. The van der Waals surface area contributed by atoms with E-state index in [0.717, 1.165) is 38.2 Å². The lowest BCUT2D eigenvalue weighted by molar-refractivity contribution is 0.144. The Morgan fingerprint density at radius 1 is 1.03 bits per heavy atom. The largest absolute Gasteiger partial charge is 0.420 e. The minimum Gasteiger partial charge on any atom is -0.420 e. The number of piperidine rings is 1. The highest BCUT2D eigenvalue weighted by Crippen LogP contribution is 2.64. The Hall–Kier alpha value is -3.39. The van der Waals surface area contributed by atoms with E-state index in [2.05, 4.69) is 37.4 Å². The Morgan fingerprint density at radius 2 is 1.88 bits per heavy atom. The smallest absolute Gasteiger partial charge is 0.247 e. The van der Waals surface area contributed by atoms with Gasteiger partial charge >= 0.3 is 0 Å². The molecular weight excluding hydrogens is 421 g/mol. The van der Waals surface area contributed by atoms with Crippen LogP contribution in [0.2, 0.25) is 0 Å². The Labute approximate surface area is 190 Å². The minimum absolute atomic E-state index is 0.232. The molecule has 168 valence electrons. The van der Waals surface area contributed by atoms with Crippen LogP contribution in [-0.2, 0) is 13.0 Å². The fraction of sp³-hybridized carbons (Fsp3) is 0.360. The summed E-state index contributed by atoms with van der Waals surface area (Å²) in [5, 5.41) is 12.6. The molecule has 2 aliphatic rings. The number of hydrogen-bond acceptors (Lipinski definition) is 7. The molecule has 0 unspecified atom stereocenters. The fourth-order valence-electron chi connectivity index (χ4n) is 4.92. The van der Waals surface area contributed by atoms with Crippen molar-refractivity contribution >= 4 is 0 Å². The lowest BCUT2D eigenvalue weighted by Gasteiger charge is -2.31. The first kappa shape index (κ1) is 20.2. The average Bonchev–Trinajstić information content (AvgIpc) is 3.16. The first-order chi connectivity index (χ1) is 16.2. The molecule has 1 saturated heterocycles. The molecule has 7 nitrogen and oxygen atoms in total. The van der Waals surface area contributed by atoms with E-state index in [1.54, 1.807) is 12.1 Å². The minimum atomic E-state index is -0.309. The lowest BCUT2D eigenvalue weighted by atomic mass is 9.91. The van der Waals surface area contributed by atoms with Gasteiger partial charge in [0.2, 0.25) is 17.7 Å². The van der Waals surface area contributed by atoms with Gasteiger partial charge in [0.05, 0.1) is 6.54 Å². The zero-order chi connectivity index (χ0) is 22.3. The van der Waals surface area contributed by atoms with Crippen LogP contribution < -0.4 is 0 Å². The molecule has 1 saturated carbocycles. The monoisotopic (exact) mass is 445 g/mol. The molecule has 0 amide bonds. The summed E-state index contributed by atoms with van der Waals surface area (Å²) in [7, 11) is 0. The quantitative estimate of drug-likeness (QED) is 0.428. The van der Waals surface area contributed by atoms with Crippen LogP contribution in [0.15, 0.2) is 63.5 Å². The molecule has 2 fully saturated rings. The molecule has 1 atom stereocenters. The predicted molar refractivity (Wildman–Crippen MR) is 118 cm³/mol. The highest BCUT2D eigenvalue weighted by molar-refractivity contribution is 5.52. The summed E-state index contributed by atoms with van der Waals surface area (Å²) in [6.45, 7) is 2.61. The van der Waals surface area contributed by atoms with Crippen molar-refractivity contribution in [3.05, 3.63) is 83.6 Å². The maximum absolute atomic E-state index is 13.5. The van der Waals surface area contributed by atoms with Gasteiger partial charge in [-0.25, -0.2) is 4.39 Å². The zero-order valence-electron chi connectivity index (χ0n) is 18.2. The second-order valence-electron chi connectivity index (χ2n) is 9.12. The van der Waals surface area contributed by atoms with Crippen molar-refractivity contribution in [2.24, 2.45) is 5.41 Å². The van der Waals surface area contributed by atoms with Gasteiger partial charge in [-0.2, -0.15) is 4.98 Å². The van der Waals surface area contributed by atoms with Crippen molar-refractivity contribution in [2.75, 3.05) is 13.1 Å². The number of benzene rings is 2. The topological polar surface area (TPSA) is 81.1 Å². The van der Waals surface area contributed by atoms with Crippen molar-refractivity contribution in [1.29, 1.82) is 0 Å². The summed E-state index contributed by atoms with van der Waals surface area (Å²) in [6.07, 6.45) is 3.88. The van der Waals surface area contributed by atoms with E-state index >= 15 is 0 Å². The third-order valence-electron chi connectivity index (χ3n) is 6.93. The number of nitrogens with zero attached hydrogens (tertiary/aromatic N) is 5. The molecule has 1 spiro atoms. The Kier molecular flexibility index (Phi) is 5.02. The SMILES string of the molecule is Fc1cccc(-c2nnc([C@H]3CC34CCN(Cc3nc(Cc5ccccc5)no3)CC4)o2)c1. The normalized spacial score (nSPS) is 19.7. The fourth-order valence-corrected chi connectivity index (χ4v) is 4.92. The van der Waals surface area contributed by atoms with Gasteiger partial charge in [0.25, 0.3) is 0 Å². The molecule has 2 aromatic carbocycles. The van der Waals surface area contributed by atoms with Gasteiger partial charge in [0.15, 0.2) is 5.82 Å². The summed E-state index contributed by atoms with van der Waals surface area (Å²) >= 11 is 0. The zero-order valence-corrected chi connectivity index (χ0v) is 18.2. The molecule has 2 aromatic heterocycles. The molecule has 0 bridgehead atoms. The number of halogens is 1. The van der Waals surface area contributed by atoms with Crippen molar-refractivity contribution in [3.8, 4) is 11.5 Å². The van der Waals surface area contributed by atoms with E-state index < -0.39 is 0 Å². The third-order valence-corrected chi connectivity index (χ3v) is 6.93. The van der Waals surface area contributed by atoms with Gasteiger partial charge in [0, 0.05) is 17.9 Å². The molecule has 0 radical (unpaired) electrons. The number of rotatable bonds is 6. The van der Waals surface area contributed by atoms with E-state index in [9.17, 15) is 4.39 Å². The van der Waals surface area contributed by atoms with Crippen LogP contribution in [0.5, 0.6) is 0 Å². The molecule has 0 N–H and O–H groups in total. The van der Waals surface area contributed by atoms with Gasteiger partial charge < -0.3 is 8.94 Å². The summed E-state index contributed by atoms with van der Waals surface area (Å²) < 4.78 is 24.9. The Balaban J connectivity index is 1.04. The predicted octanol–water partition coefficient (Wildman–Crippen LogP) is 4.62.